The number of aromatic nitrogens is 3. The first-order valence-corrected chi connectivity index (χ1v) is 7.53. The highest BCUT2D eigenvalue weighted by Gasteiger charge is 2.11. The van der Waals surface area contributed by atoms with Gasteiger partial charge in [-0.05, 0) is 42.5 Å². The molecule has 2 heterocycles. The molecule has 0 radical (unpaired) electrons. The van der Waals surface area contributed by atoms with Crippen LogP contribution in [0, 0.1) is 0 Å². The van der Waals surface area contributed by atoms with Crippen molar-refractivity contribution in [1.29, 1.82) is 0 Å². The van der Waals surface area contributed by atoms with Crippen LogP contribution in [-0.2, 0) is 10.1 Å². The number of fused-ring (bicyclic) bond motifs is 1. The Bertz CT molecular complexity index is 915. The maximum Gasteiger partial charge on any atom is 0.294 e. The van der Waals surface area contributed by atoms with E-state index in [0.29, 0.717) is 16.9 Å². The first-order chi connectivity index (χ1) is 10.0. The van der Waals surface area contributed by atoms with Crippen LogP contribution in [-0.4, -0.2) is 27.9 Å². The standard InChI is InChI=1S/C14H11N3O3S/c18-21(19,20)11-5-6-12-13(9-11)17-14(16-12)7-4-10-3-1-2-8-15-10/h1-9H,(H,16,17)(H,18,19,20). The molecule has 0 spiro atoms. The highest BCUT2D eigenvalue weighted by Crippen LogP contribution is 2.18. The van der Waals surface area contributed by atoms with E-state index >= 15 is 0 Å². The Labute approximate surface area is 120 Å². The number of nitrogens with zero attached hydrogens (tertiary/aromatic N) is 2. The van der Waals surface area contributed by atoms with Gasteiger partial charge in [0.1, 0.15) is 5.82 Å². The van der Waals surface area contributed by atoms with E-state index in [2.05, 4.69) is 15.0 Å². The molecule has 1 aromatic carbocycles. The van der Waals surface area contributed by atoms with Crippen LogP contribution in [0.5, 0.6) is 0 Å². The summed E-state index contributed by atoms with van der Waals surface area (Å²) in [6.07, 6.45) is 5.23. The second kappa shape index (κ2) is 5.12. The lowest BCUT2D eigenvalue weighted by Crippen LogP contribution is -1.97. The minimum atomic E-state index is -4.22. The van der Waals surface area contributed by atoms with Gasteiger partial charge < -0.3 is 4.98 Å². The van der Waals surface area contributed by atoms with E-state index in [4.69, 9.17) is 4.55 Å². The molecule has 2 N–H and O–H groups in total. The highest BCUT2D eigenvalue weighted by atomic mass is 32.2. The summed E-state index contributed by atoms with van der Waals surface area (Å²) in [5, 5.41) is 0. The van der Waals surface area contributed by atoms with Crippen LogP contribution in [0.4, 0.5) is 0 Å². The Kier molecular flexibility index (Phi) is 3.28. The first-order valence-electron chi connectivity index (χ1n) is 6.09. The van der Waals surface area contributed by atoms with Crippen molar-refractivity contribution in [2.75, 3.05) is 0 Å². The fourth-order valence-corrected chi connectivity index (χ4v) is 2.39. The van der Waals surface area contributed by atoms with E-state index in [1.165, 1.54) is 18.2 Å². The summed E-state index contributed by atoms with van der Waals surface area (Å²) in [7, 11) is -4.22. The molecule has 0 saturated heterocycles. The van der Waals surface area contributed by atoms with Gasteiger partial charge in [0.15, 0.2) is 0 Å². The van der Waals surface area contributed by atoms with Gasteiger partial charge in [-0.15, -0.1) is 0 Å². The molecule has 0 amide bonds. The van der Waals surface area contributed by atoms with Gasteiger partial charge in [-0.25, -0.2) is 4.98 Å². The minimum Gasteiger partial charge on any atom is -0.338 e. The molecular formula is C14H11N3O3S. The van der Waals surface area contributed by atoms with E-state index < -0.39 is 10.1 Å². The van der Waals surface area contributed by atoms with Crippen LogP contribution in [0.15, 0.2) is 47.5 Å². The molecule has 106 valence electrons. The average molecular weight is 301 g/mol. The maximum absolute atomic E-state index is 11.1. The van der Waals surface area contributed by atoms with Crippen molar-refractivity contribution in [3.8, 4) is 0 Å². The summed E-state index contributed by atoms with van der Waals surface area (Å²) >= 11 is 0. The molecule has 7 heteroatoms. The van der Waals surface area contributed by atoms with Gasteiger partial charge in [-0.2, -0.15) is 8.42 Å². The van der Waals surface area contributed by atoms with Crippen LogP contribution in [0.3, 0.4) is 0 Å². The van der Waals surface area contributed by atoms with Gasteiger partial charge >= 0.3 is 0 Å². The van der Waals surface area contributed by atoms with Crippen molar-refractivity contribution in [3.63, 3.8) is 0 Å². The van der Waals surface area contributed by atoms with E-state index in [1.54, 1.807) is 18.3 Å². The van der Waals surface area contributed by atoms with E-state index in [1.807, 2.05) is 18.2 Å². The maximum atomic E-state index is 11.1. The average Bonchev–Trinajstić information content (AvgIpc) is 2.87. The van der Waals surface area contributed by atoms with Crippen molar-refractivity contribution in [2.45, 2.75) is 4.90 Å². The summed E-state index contributed by atoms with van der Waals surface area (Å²) in [6, 6.07) is 9.75. The molecule has 0 aliphatic carbocycles. The molecule has 3 aromatic rings. The zero-order valence-electron chi connectivity index (χ0n) is 10.8. The van der Waals surface area contributed by atoms with Gasteiger partial charge in [0.2, 0.25) is 0 Å². The Hall–Kier alpha value is -2.51. The first kappa shape index (κ1) is 13.5. The number of H-pyrrole nitrogens is 1. The largest absolute Gasteiger partial charge is 0.338 e. The van der Waals surface area contributed by atoms with Crippen LogP contribution in [0.25, 0.3) is 23.2 Å². The topological polar surface area (TPSA) is 95.9 Å². The number of pyridine rings is 1. The molecule has 0 unspecified atom stereocenters. The molecule has 3 rings (SSSR count). The molecular weight excluding hydrogens is 290 g/mol. The Balaban J connectivity index is 1.96. The highest BCUT2D eigenvalue weighted by molar-refractivity contribution is 7.85. The summed E-state index contributed by atoms with van der Waals surface area (Å²) in [4.78, 5) is 11.3. The lowest BCUT2D eigenvalue weighted by atomic mass is 10.3. The van der Waals surface area contributed by atoms with Crippen LogP contribution in [0.2, 0.25) is 0 Å². The number of benzene rings is 1. The van der Waals surface area contributed by atoms with Gasteiger partial charge in [0.25, 0.3) is 10.1 Å². The van der Waals surface area contributed by atoms with Crippen molar-refractivity contribution in [3.05, 3.63) is 54.1 Å². The number of nitrogens with one attached hydrogen (secondary N) is 1. The van der Waals surface area contributed by atoms with E-state index in [0.717, 1.165) is 5.69 Å². The van der Waals surface area contributed by atoms with Crippen LogP contribution >= 0.6 is 0 Å². The molecule has 0 fully saturated rings. The predicted octanol–water partition coefficient (Wildman–Crippen LogP) is 2.38. The third kappa shape index (κ3) is 2.99. The van der Waals surface area contributed by atoms with Crippen LogP contribution in [0.1, 0.15) is 11.5 Å². The Morgan fingerprint density at radius 3 is 2.71 bits per heavy atom. The van der Waals surface area contributed by atoms with E-state index in [9.17, 15) is 8.42 Å². The number of hydrogen-bond acceptors (Lipinski definition) is 4. The third-order valence-electron chi connectivity index (χ3n) is 2.87. The van der Waals surface area contributed by atoms with Crippen molar-refractivity contribution >= 4 is 33.3 Å². The SMILES string of the molecule is O=S(=O)(O)c1ccc2nc(C=Cc3ccccn3)[nH]c2c1. The number of hydrogen-bond donors (Lipinski definition) is 2. The molecule has 0 saturated carbocycles. The van der Waals surface area contributed by atoms with Gasteiger partial charge in [0, 0.05) is 6.20 Å². The second-order valence-electron chi connectivity index (χ2n) is 4.36. The minimum absolute atomic E-state index is 0.168. The van der Waals surface area contributed by atoms with Crippen LogP contribution < -0.4 is 0 Å². The normalized spacial score (nSPS) is 12.2. The van der Waals surface area contributed by atoms with Crippen molar-refractivity contribution in [2.24, 2.45) is 0 Å². The summed E-state index contributed by atoms with van der Waals surface area (Å²) in [6.45, 7) is 0. The lowest BCUT2D eigenvalue weighted by molar-refractivity contribution is 0.483. The molecule has 6 nitrogen and oxygen atoms in total. The zero-order valence-corrected chi connectivity index (χ0v) is 11.6. The number of aromatic amines is 1. The quantitative estimate of drug-likeness (QED) is 0.724. The molecule has 0 bridgehead atoms. The Morgan fingerprint density at radius 2 is 2.00 bits per heavy atom. The smallest absolute Gasteiger partial charge is 0.294 e. The monoisotopic (exact) mass is 301 g/mol. The molecule has 2 aromatic heterocycles. The summed E-state index contributed by atoms with van der Waals surface area (Å²) in [5.74, 6) is 0.572. The fraction of sp³-hybridized carbons (Fsp3) is 0. The third-order valence-corrected chi connectivity index (χ3v) is 3.72. The zero-order chi connectivity index (χ0) is 14.9. The van der Waals surface area contributed by atoms with E-state index in [-0.39, 0.29) is 4.90 Å². The van der Waals surface area contributed by atoms with Crippen molar-refractivity contribution in [1.82, 2.24) is 15.0 Å². The predicted molar refractivity (Wildman–Crippen MR) is 79.1 cm³/mol. The Morgan fingerprint density at radius 1 is 1.14 bits per heavy atom. The molecule has 0 aliphatic heterocycles. The summed E-state index contributed by atoms with van der Waals surface area (Å²) < 4.78 is 31.2. The molecule has 0 aliphatic rings. The van der Waals surface area contributed by atoms with Gasteiger partial charge in [0.05, 0.1) is 21.6 Å². The fourth-order valence-electron chi connectivity index (χ4n) is 1.89. The van der Waals surface area contributed by atoms with Gasteiger partial charge in [-0.1, -0.05) is 6.07 Å². The summed E-state index contributed by atoms with van der Waals surface area (Å²) in [5.41, 5.74) is 1.94. The number of imidazole rings is 1. The van der Waals surface area contributed by atoms with Crippen molar-refractivity contribution < 1.29 is 13.0 Å². The molecule has 21 heavy (non-hydrogen) atoms. The van der Waals surface area contributed by atoms with Gasteiger partial charge in [-0.3, -0.25) is 9.54 Å². The second-order valence-corrected chi connectivity index (χ2v) is 5.79. The molecule has 0 atom stereocenters. The lowest BCUT2D eigenvalue weighted by Gasteiger charge is -1.95. The number of rotatable bonds is 3.